The summed E-state index contributed by atoms with van der Waals surface area (Å²) >= 11 is -0.185. The summed E-state index contributed by atoms with van der Waals surface area (Å²) in [6, 6.07) is 13.0. The lowest BCUT2D eigenvalue weighted by Gasteiger charge is -2.25. The van der Waals surface area contributed by atoms with Crippen LogP contribution >= 0.6 is 0 Å². The van der Waals surface area contributed by atoms with Crippen molar-refractivity contribution in [3.63, 3.8) is 0 Å². The molecule has 0 unspecified atom stereocenters. The lowest BCUT2D eigenvalue weighted by Crippen LogP contribution is -3.61. The van der Waals surface area contributed by atoms with Gasteiger partial charge in [0.2, 0.25) is 0 Å². The van der Waals surface area contributed by atoms with Crippen molar-refractivity contribution < 1.29 is 21.2 Å². The van der Waals surface area contributed by atoms with Crippen molar-refractivity contribution >= 4 is 0 Å². The number of allylic oxidation sites excluding steroid dienone is 4. The highest BCUT2D eigenvalue weighted by atomic mass is 127. The van der Waals surface area contributed by atoms with E-state index in [9.17, 15) is 5.26 Å². The second-order valence-electron chi connectivity index (χ2n) is 5.75. The Morgan fingerprint density at radius 3 is 2.42 bits per heavy atom. The Morgan fingerprint density at radius 1 is 1.16 bits per heavy atom. The standard InChI is InChI=1S/C17H19IN/c1-17(2,3)14-9-10-16(13(11-14)12-19)18-15-7-5-4-6-8-15/h4-9H,10-11H2,1-3H3/q+1. The highest BCUT2D eigenvalue weighted by Gasteiger charge is 2.29. The summed E-state index contributed by atoms with van der Waals surface area (Å²) in [7, 11) is 0. The fourth-order valence-electron chi connectivity index (χ4n) is 2.07. The van der Waals surface area contributed by atoms with Gasteiger partial charge in [-0.1, -0.05) is 50.6 Å². The smallest absolute Gasteiger partial charge is 0.193 e. The van der Waals surface area contributed by atoms with Crippen LogP contribution in [0.5, 0.6) is 0 Å². The zero-order valence-corrected chi connectivity index (χ0v) is 13.9. The average Bonchev–Trinajstić information content (AvgIpc) is 2.39. The van der Waals surface area contributed by atoms with Crippen LogP contribution in [0.25, 0.3) is 0 Å². The zero-order chi connectivity index (χ0) is 13.9. The number of hydrogen-bond donors (Lipinski definition) is 0. The van der Waals surface area contributed by atoms with E-state index < -0.39 is 0 Å². The lowest BCUT2D eigenvalue weighted by molar-refractivity contribution is -0.578. The molecule has 19 heavy (non-hydrogen) atoms. The molecule has 1 aromatic rings. The Labute approximate surface area is 126 Å². The van der Waals surface area contributed by atoms with E-state index in [0.29, 0.717) is 0 Å². The molecule has 0 amide bonds. The molecule has 1 aliphatic carbocycles. The molecule has 1 nitrogen and oxygen atoms in total. The molecule has 0 atom stereocenters. The maximum Gasteiger partial charge on any atom is 0.354 e. The van der Waals surface area contributed by atoms with E-state index in [1.807, 2.05) is 6.07 Å². The molecule has 0 fully saturated rings. The first-order valence-electron chi connectivity index (χ1n) is 6.52. The normalized spacial score (nSPS) is 16.0. The van der Waals surface area contributed by atoms with Gasteiger partial charge in [-0.3, -0.25) is 0 Å². The van der Waals surface area contributed by atoms with E-state index in [-0.39, 0.29) is 26.6 Å². The molecule has 0 spiro atoms. The minimum Gasteiger partial charge on any atom is -0.193 e. The summed E-state index contributed by atoms with van der Waals surface area (Å²) in [4.78, 5) is 0. The summed E-state index contributed by atoms with van der Waals surface area (Å²) in [6.07, 6.45) is 4.17. The third-order valence-corrected chi connectivity index (χ3v) is 6.36. The number of halogens is 1. The molecule has 0 N–H and O–H groups in total. The van der Waals surface area contributed by atoms with E-state index in [0.717, 1.165) is 18.4 Å². The van der Waals surface area contributed by atoms with Crippen molar-refractivity contribution in [2.45, 2.75) is 33.6 Å². The Morgan fingerprint density at radius 2 is 1.84 bits per heavy atom. The van der Waals surface area contributed by atoms with Gasteiger partial charge >= 0.3 is 21.2 Å². The van der Waals surface area contributed by atoms with E-state index >= 15 is 0 Å². The highest BCUT2D eigenvalue weighted by molar-refractivity contribution is 5.36. The molecule has 0 aromatic heterocycles. The quantitative estimate of drug-likeness (QED) is 0.576. The molecule has 0 saturated heterocycles. The molecule has 2 rings (SSSR count). The molecule has 0 radical (unpaired) electrons. The number of nitrogens with zero attached hydrogens (tertiary/aromatic N) is 1. The molecular weight excluding hydrogens is 345 g/mol. The van der Waals surface area contributed by atoms with Crippen LogP contribution < -0.4 is 21.2 Å². The van der Waals surface area contributed by atoms with Crippen LogP contribution in [0.3, 0.4) is 0 Å². The molecule has 0 saturated carbocycles. The summed E-state index contributed by atoms with van der Waals surface area (Å²) in [5, 5.41) is 9.41. The van der Waals surface area contributed by atoms with Gasteiger partial charge in [-0.15, -0.1) is 0 Å². The number of nitriles is 1. The lowest BCUT2D eigenvalue weighted by atomic mass is 9.80. The zero-order valence-electron chi connectivity index (χ0n) is 11.7. The second kappa shape index (κ2) is 5.92. The molecule has 0 heterocycles. The number of rotatable bonds is 2. The Kier molecular flexibility index (Phi) is 4.46. The first-order chi connectivity index (χ1) is 9.00. The van der Waals surface area contributed by atoms with Crippen LogP contribution in [0.15, 0.2) is 51.1 Å². The van der Waals surface area contributed by atoms with Crippen LogP contribution in [-0.4, -0.2) is 0 Å². The van der Waals surface area contributed by atoms with E-state index in [4.69, 9.17) is 0 Å². The van der Waals surface area contributed by atoms with E-state index in [2.05, 4.69) is 57.2 Å². The Hall–Kier alpha value is -1.08. The maximum atomic E-state index is 9.41. The second-order valence-corrected chi connectivity index (χ2v) is 8.83. The van der Waals surface area contributed by atoms with Crippen molar-refractivity contribution in [1.29, 1.82) is 5.26 Å². The largest absolute Gasteiger partial charge is 0.354 e. The molecule has 0 aliphatic heterocycles. The van der Waals surface area contributed by atoms with Gasteiger partial charge in [0.25, 0.3) is 0 Å². The SMILES string of the molecule is CC(C)(C)C1=CCC([I+]c2ccccc2)=C(C#N)C1. The minimum atomic E-state index is -0.185. The van der Waals surface area contributed by atoms with Crippen molar-refractivity contribution in [2.24, 2.45) is 5.41 Å². The third kappa shape index (κ3) is 3.70. The van der Waals surface area contributed by atoms with Crippen LogP contribution in [0.2, 0.25) is 0 Å². The Bertz CT molecular complexity index is 553. The number of benzene rings is 1. The average molecular weight is 364 g/mol. The van der Waals surface area contributed by atoms with Crippen molar-refractivity contribution in [3.8, 4) is 6.07 Å². The minimum absolute atomic E-state index is 0.179. The van der Waals surface area contributed by atoms with Gasteiger partial charge in [0.15, 0.2) is 7.15 Å². The van der Waals surface area contributed by atoms with Crippen LogP contribution in [0.4, 0.5) is 0 Å². The summed E-state index contributed by atoms with van der Waals surface area (Å²) in [6.45, 7) is 6.68. The third-order valence-electron chi connectivity index (χ3n) is 3.28. The summed E-state index contributed by atoms with van der Waals surface area (Å²) in [5.41, 5.74) is 2.60. The van der Waals surface area contributed by atoms with Gasteiger partial charge in [-0.2, -0.15) is 5.26 Å². The predicted octanol–water partition coefficient (Wildman–Crippen LogP) is 1.49. The van der Waals surface area contributed by atoms with Crippen LogP contribution in [0.1, 0.15) is 33.6 Å². The van der Waals surface area contributed by atoms with Gasteiger partial charge < -0.3 is 0 Å². The van der Waals surface area contributed by atoms with Crippen molar-refractivity contribution in [2.75, 3.05) is 0 Å². The number of hydrogen-bond acceptors (Lipinski definition) is 1. The molecule has 0 bridgehead atoms. The fraction of sp³-hybridized carbons (Fsp3) is 0.353. The van der Waals surface area contributed by atoms with E-state index in [1.165, 1.54) is 12.7 Å². The molecule has 98 valence electrons. The van der Waals surface area contributed by atoms with Gasteiger partial charge in [0.05, 0.1) is 11.6 Å². The predicted molar refractivity (Wildman–Crippen MR) is 74.6 cm³/mol. The summed E-state index contributed by atoms with van der Waals surface area (Å²) < 4.78 is 2.79. The first kappa shape index (κ1) is 14.3. The Balaban J connectivity index is 2.19. The van der Waals surface area contributed by atoms with Gasteiger partial charge in [-0.25, -0.2) is 0 Å². The molecule has 2 heteroatoms. The first-order valence-corrected chi connectivity index (χ1v) is 8.68. The monoisotopic (exact) mass is 364 g/mol. The van der Waals surface area contributed by atoms with Crippen LogP contribution in [-0.2, 0) is 0 Å². The fourth-order valence-corrected chi connectivity index (χ4v) is 4.67. The molecule has 1 aromatic carbocycles. The topological polar surface area (TPSA) is 23.8 Å². The van der Waals surface area contributed by atoms with Gasteiger partial charge in [0.1, 0.15) is 0 Å². The highest BCUT2D eigenvalue weighted by Crippen LogP contribution is 2.33. The van der Waals surface area contributed by atoms with Crippen molar-refractivity contribution in [3.05, 3.63) is 54.7 Å². The molecule has 1 aliphatic rings. The molecular formula is C17H19IN+. The van der Waals surface area contributed by atoms with Gasteiger partial charge in [-0.05, 0) is 17.5 Å². The summed E-state index contributed by atoms with van der Waals surface area (Å²) in [5.74, 6) is 0. The van der Waals surface area contributed by atoms with Crippen LogP contribution in [0, 0.1) is 20.3 Å². The van der Waals surface area contributed by atoms with E-state index in [1.54, 1.807) is 0 Å². The van der Waals surface area contributed by atoms with Crippen molar-refractivity contribution in [1.82, 2.24) is 0 Å². The maximum absolute atomic E-state index is 9.41. The van der Waals surface area contributed by atoms with Gasteiger partial charge in [0, 0.05) is 12.8 Å².